The molecule has 0 saturated heterocycles. The summed E-state index contributed by atoms with van der Waals surface area (Å²) in [6, 6.07) is 3.87. The van der Waals surface area contributed by atoms with Crippen LogP contribution in [-0.4, -0.2) is 19.5 Å². The summed E-state index contributed by atoms with van der Waals surface area (Å²) in [6.45, 7) is 5.26. The van der Waals surface area contributed by atoms with Crippen molar-refractivity contribution in [2.75, 3.05) is 0 Å². The lowest BCUT2D eigenvalue weighted by Crippen LogP contribution is -2.26. The molecule has 2 aromatic heterocycles. The molecule has 0 fully saturated rings. The van der Waals surface area contributed by atoms with Crippen molar-refractivity contribution in [1.82, 2.24) is 4.72 Å². The number of hydrogen-bond donors (Lipinski definition) is 2. The Kier molecular flexibility index (Phi) is 4.22. The Labute approximate surface area is 126 Å². The first-order valence-corrected chi connectivity index (χ1v) is 8.43. The minimum absolute atomic E-state index is 0.0154. The first-order chi connectivity index (χ1) is 9.70. The van der Waals surface area contributed by atoms with Crippen LogP contribution in [0.5, 0.6) is 0 Å². The van der Waals surface area contributed by atoms with Crippen molar-refractivity contribution in [3.8, 4) is 0 Å². The van der Waals surface area contributed by atoms with Crippen LogP contribution in [0.25, 0.3) is 0 Å². The number of aromatic carboxylic acids is 1. The highest BCUT2D eigenvalue weighted by molar-refractivity contribution is 7.91. The summed E-state index contributed by atoms with van der Waals surface area (Å²) < 4.78 is 32.4. The fourth-order valence-electron chi connectivity index (χ4n) is 2.01. The molecule has 0 saturated carbocycles. The molecule has 0 aliphatic rings. The number of sulfonamides is 1. The fraction of sp³-hybridized carbons (Fsp3) is 0.308. The molecule has 2 rings (SSSR count). The van der Waals surface area contributed by atoms with Crippen LogP contribution in [0.4, 0.5) is 0 Å². The number of carboxylic acids is 1. The first-order valence-electron chi connectivity index (χ1n) is 6.13. The van der Waals surface area contributed by atoms with Gasteiger partial charge in [-0.15, -0.1) is 11.3 Å². The van der Waals surface area contributed by atoms with E-state index in [2.05, 4.69) is 4.72 Å². The number of rotatable bonds is 5. The molecule has 0 aliphatic heterocycles. The van der Waals surface area contributed by atoms with E-state index in [1.54, 1.807) is 26.8 Å². The van der Waals surface area contributed by atoms with E-state index >= 15 is 0 Å². The third-order valence-electron chi connectivity index (χ3n) is 2.93. The van der Waals surface area contributed by atoms with E-state index in [4.69, 9.17) is 9.52 Å². The monoisotopic (exact) mass is 329 g/mol. The van der Waals surface area contributed by atoms with Crippen LogP contribution in [-0.2, 0) is 10.0 Å². The highest BCUT2D eigenvalue weighted by Gasteiger charge is 2.23. The third kappa shape index (κ3) is 3.34. The van der Waals surface area contributed by atoms with Gasteiger partial charge in [0.25, 0.3) is 10.0 Å². The molecule has 1 atom stereocenters. The predicted octanol–water partition coefficient (Wildman–Crippen LogP) is 2.70. The first kappa shape index (κ1) is 15.7. The summed E-state index contributed by atoms with van der Waals surface area (Å²) in [7, 11) is -3.76. The lowest BCUT2D eigenvalue weighted by atomic mass is 10.1. The molecule has 0 aromatic carbocycles. The lowest BCUT2D eigenvalue weighted by Gasteiger charge is -2.12. The van der Waals surface area contributed by atoms with Gasteiger partial charge in [0.1, 0.15) is 20.6 Å². The summed E-state index contributed by atoms with van der Waals surface area (Å²) in [5, 5.41) is 8.85. The maximum atomic E-state index is 12.2. The average Bonchev–Trinajstić information content (AvgIpc) is 2.95. The van der Waals surface area contributed by atoms with Crippen LogP contribution < -0.4 is 4.72 Å². The average molecular weight is 329 g/mol. The van der Waals surface area contributed by atoms with E-state index in [1.807, 2.05) is 0 Å². The van der Waals surface area contributed by atoms with Crippen molar-refractivity contribution >= 4 is 27.3 Å². The third-order valence-corrected chi connectivity index (χ3v) is 6.04. The summed E-state index contributed by atoms with van der Waals surface area (Å²) in [5.41, 5.74) is 0.756. The van der Waals surface area contributed by atoms with Crippen LogP contribution in [0, 0.1) is 13.8 Å². The highest BCUT2D eigenvalue weighted by Crippen LogP contribution is 2.26. The number of hydrogen-bond acceptors (Lipinski definition) is 5. The van der Waals surface area contributed by atoms with Crippen LogP contribution in [0.2, 0.25) is 0 Å². The lowest BCUT2D eigenvalue weighted by molar-refractivity contribution is 0.0702. The fourth-order valence-corrected chi connectivity index (χ4v) is 4.40. The largest absolute Gasteiger partial charge is 0.477 e. The highest BCUT2D eigenvalue weighted by atomic mass is 32.2. The van der Waals surface area contributed by atoms with Gasteiger partial charge in [0, 0.05) is 11.6 Å². The van der Waals surface area contributed by atoms with Crippen LogP contribution in [0.1, 0.15) is 39.7 Å². The topological polar surface area (TPSA) is 96.6 Å². The molecule has 2 N–H and O–H groups in total. The molecule has 2 heterocycles. The molecular weight excluding hydrogens is 314 g/mol. The van der Waals surface area contributed by atoms with Crippen molar-refractivity contribution < 1.29 is 22.7 Å². The molecule has 1 unspecified atom stereocenters. The predicted molar refractivity (Wildman–Crippen MR) is 78.2 cm³/mol. The minimum atomic E-state index is -3.76. The van der Waals surface area contributed by atoms with E-state index in [9.17, 15) is 13.2 Å². The molecule has 0 bridgehead atoms. The van der Waals surface area contributed by atoms with Gasteiger partial charge in [-0.2, -0.15) is 0 Å². The number of aryl methyl sites for hydroxylation is 2. The Morgan fingerprint density at radius 3 is 2.52 bits per heavy atom. The Morgan fingerprint density at radius 2 is 2.05 bits per heavy atom. The second kappa shape index (κ2) is 5.63. The molecule has 21 heavy (non-hydrogen) atoms. The summed E-state index contributed by atoms with van der Waals surface area (Å²) in [5.74, 6) is 0.216. The molecule has 8 heteroatoms. The van der Waals surface area contributed by atoms with Gasteiger partial charge in [-0.1, -0.05) is 0 Å². The van der Waals surface area contributed by atoms with E-state index < -0.39 is 22.0 Å². The van der Waals surface area contributed by atoms with Gasteiger partial charge >= 0.3 is 5.97 Å². The zero-order chi connectivity index (χ0) is 15.8. The maximum Gasteiger partial charge on any atom is 0.345 e. The van der Waals surface area contributed by atoms with E-state index in [-0.39, 0.29) is 9.09 Å². The van der Waals surface area contributed by atoms with Gasteiger partial charge in [-0.25, -0.2) is 17.9 Å². The molecule has 0 aliphatic carbocycles. The zero-order valence-corrected chi connectivity index (χ0v) is 13.3. The Balaban J connectivity index is 2.24. The molecular formula is C13H15NO5S2. The van der Waals surface area contributed by atoms with Gasteiger partial charge in [0.2, 0.25) is 0 Å². The summed E-state index contributed by atoms with van der Waals surface area (Å²) >= 11 is 0.721. The van der Waals surface area contributed by atoms with Gasteiger partial charge < -0.3 is 9.52 Å². The number of thiophene rings is 1. The molecule has 114 valence electrons. The van der Waals surface area contributed by atoms with Crippen LogP contribution in [0.3, 0.4) is 0 Å². The zero-order valence-electron chi connectivity index (χ0n) is 11.7. The molecule has 0 spiro atoms. The molecule has 0 radical (unpaired) electrons. The Bertz CT molecular complexity index is 772. The number of nitrogens with one attached hydrogen (secondary N) is 1. The normalized spacial score (nSPS) is 13.3. The van der Waals surface area contributed by atoms with Crippen molar-refractivity contribution in [1.29, 1.82) is 0 Å². The standard InChI is InChI=1S/C13H15NO5S2/c1-7-6-10(9(3)19-7)8(2)14-21(17,18)12-5-4-11(20-12)13(15)16/h4-6,8,14H,1-3H3,(H,15,16). The van der Waals surface area contributed by atoms with Crippen molar-refractivity contribution in [2.45, 2.75) is 31.0 Å². The van der Waals surface area contributed by atoms with Gasteiger partial charge in [0.05, 0.1) is 0 Å². The summed E-state index contributed by atoms with van der Waals surface area (Å²) in [4.78, 5) is 10.8. The smallest absolute Gasteiger partial charge is 0.345 e. The minimum Gasteiger partial charge on any atom is -0.477 e. The van der Waals surface area contributed by atoms with Crippen LogP contribution in [0.15, 0.2) is 26.8 Å². The molecule has 0 amide bonds. The van der Waals surface area contributed by atoms with Gasteiger partial charge in [0.15, 0.2) is 0 Å². The van der Waals surface area contributed by atoms with Crippen LogP contribution >= 0.6 is 11.3 Å². The molecule has 6 nitrogen and oxygen atoms in total. The summed E-state index contributed by atoms with van der Waals surface area (Å²) in [6.07, 6.45) is 0. The Morgan fingerprint density at radius 1 is 1.38 bits per heavy atom. The second-order valence-electron chi connectivity index (χ2n) is 4.64. The second-order valence-corrected chi connectivity index (χ2v) is 7.66. The number of carbonyl (C=O) groups is 1. The Hall–Kier alpha value is -1.64. The SMILES string of the molecule is Cc1cc(C(C)NS(=O)(=O)c2ccc(C(=O)O)s2)c(C)o1. The van der Waals surface area contributed by atoms with E-state index in [0.29, 0.717) is 11.5 Å². The van der Waals surface area contributed by atoms with Crippen molar-refractivity contribution in [3.63, 3.8) is 0 Å². The number of carboxylic acid groups (broad SMARTS) is 1. The maximum absolute atomic E-state index is 12.2. The molecule has 2 aromatic rings. The van der Waals surface area contributed by atoms with Gasteiger partial charge in [-0.05, 0) is 39.0 Å². The van der Waals surface area contributed by atoms with Crippen molar-refractivity contribution in [3.05, 3.63) is 40.2 Å². The van der Waals surface area contributed by atoms with Gasteiger partial charge in [-0.3, -0.25) is 0 Å². The van der Waals surface area contributed by atoms with E-state index in [1.165, 1.54) is 12.1 Å². The quantitative estimate of drug-likeness (QED) is 0.879. The number of furan rings is 1. The van der Waals surface area contributed by atoms with E-state index in [0.717, 1.165) is 16.9 Å². The van der Waals surface area contributed by atoms with Crippen molar-refractivity contribution in [2.24, 2.45) is 0 Å².